The Balaban J connectivity index is 2.15. The van der Waals surface area contributed by atoms with Gasteiger partial charge in [-0.1, -0.05) is 36.4 Å². The van der Waals surface area contributed by atoms with Crippen LogP contribution in [0.1, 0.15) is 36.2 Å². The molecule has 0 aliphatic carbocycles. The number of rotatable bonds is 4. The average molecular weight is 272 g/mol. The molecule has 19 heavy (non-hydrogen) atoms. The maximum Gasteiger partial charge on any atom is 0.0571 e. The summed E-state index contributed by atoms with van der Waals surface area (Å²) in [6.07, 6.45) is 2.82. The van der Waals surface area contributed by atoms with Gasteiger partial charge in [-0.25, -0.2) is 0 Å². The van der Waals surface area contributed by atoms with Crippen molar-refractivity contribution in [2.75, 3.05) is 0 Å². The van der Waals surface area contributed by atoms with Crippen LogP contribution >= 0.6 is 11.8 Å². The molecule has 1 heterocycles. The van der Waals surface area contributed by atoms with Crippen molar-refractivity contribution < 1.29 is 0 Å². The molecule has 100 valence electrons. The summed E-state index contributed by atoms with van der Waals surface area (Å²) in [7, 11) is 0. The Morgan fingerprint density at radius 3 is 2.58 bits per heavy atom. The standard InChI is InChI=1S/C16H20N2S/c1-4-14(17)15-7-6-13(10-18-15)19-16-8-5-11(2)9-12(16)3/h5-10,14H,4,17H2,1-3H3. The highest BCUT2D eigenvalue weighted by Gasteiger charge is 2.06. The van der Waals surface area contributed by atoms with Crippen molar-refractivity contribution in [3.8, 4) is 0 Å². The number of nitrogens with zero attached hydrogens (tertiary/aromatic N) is 1. The third kappa shape index (κ3) is 3.58. The molecule has 2 aromatic rings. The van der Waals surface area contributed by atoms with Gasteiger partial charge in [-0.15, -0.1) is 0 Å². The predicted molar refractivity (Wildman–Crippen MR) is 81.5 cm³/mol. The molecule has 1 aromatic heterocycles. The highest BCUT2D eigenvalue weighted by molar-refractivity contribution is 7.99. The fraction of sp³-hybridized carbons (Fsp3) is 0.312. The number of nitrogens with two attached hydrogens (primary N) is 1. The highest BCUT2D eigenvalue weighted by atomic mass is 32.2. The van der Waals surface area contributed by atoms with Gasteiger partial charge in [0.1, 0.15) is 0 Å². The van der Waals surface area contributed by atoms with Gasteiger partial charge in [0.25, 0.3) is 0 Å². The van der Waals surface area contributed by atoms with Gasteiger partial charge < -0.3 is 5.73 Å². The number of aromatic nitrogens is 1. The summed E-state index contributed by atoms with van der Waals surface area (Å²) in [5.74, 6) is 0. The van der Waals surface area contributed by atoms with Gasteiger partial charge in [-0.05, 0) is 44.0 Å². The van der Waals surface area contributed by atoms with E-state index in [9.17, 15) is 0 Å². The summed E-state index contributed by atoms with van der Waals surface area (Å²) >= 11 is 1.75. The van der Waals surface area contributed by atoms with Crippen LogP contribution in [0.15, 0.2) is 46.3 Å². The van der Waals surface area contributed by atoms with E-state index in [1.807, 2.05) is 12.3 Å². The lowest BCUT2D eigenvalue weighted by Crippen LogP contribution is -2.10. The maximum absolute atomic E-state index is 5.97. The molecule has 1 atom stereocenters. The first kappa shape index (κ1) is 14.1. The van der Waals surface area contributed by atoms with Gasteiger partial charge >= 0.3 is 0 Å². The van der Waals surface area contributed by atoms with Crippen molar-refractivity contribution in [3.63, 3.8) is 0 Å². The molecule has 0 saturated heterocycles. The molecule has 1 aromatic carbocycles. The van der Waals surface area contributed by atoms with E-state index in [1.54, 1.807) is 11.8 Å². The third-order valence-electron chi connectivity index (χ3n) is 3.14. The van der Waals surface area contributed by atoms with Crippen molar-refractivity contribution in [1.82, 2.24) is 4.98 Å². The first-order chi connectivity index (χ1) is 9.10. The molecular formula is C16H20N2S. The van der Waals surface area contributed by atoms with Crippen LogP contribution in [0.5, 0.6) is 0 Å². The van der Waals surface area contributed by atoms with Crippen LogP contribution in [0.25, 0.3) is 0 Å². The Morgan fingerprint density at radius 1 is 1.21 bits per heavy atom. The normalized spacial score (nSPS) is 12.4. The Kier molecular flexibility index (Phi) is 4.61. The summed E-state index contributed by atoms with van der Waals surface area (Å²) in [4.78, 5) is 6.88. The summed E-state index contributed by atoms with van der Waals surface area (Å²) in [5, 5.41) is 0. The van der Waals surface area contributed by atoms with Crippen LogP contribution in [0.2, 0.25) is 0 Å². The van der Waals surface area contributed by atoms with E-state index in [-0.39, 0.29) is 6.04 Å². The summed E-state index contributed by atoms with van der Waals surface area (Å²) in [6, 6.07) is 10.7. The van der Waals surface area contributed by atoms with Gasteiger partial charge in [-0.2, -0.15) is 0 Å². The first-order valence-corrected chi connectivity index (χ1v) is 7.38. The lowest BCUT2D eigenvalue weighted by atomic mass is 10.1. The van der Waals surface area contributed by atoms with Crippen LogP contribution in [0, 0.1) is 13.8 Å². The lowest BCUT2D eigenvalue weighted by Gasteiger charge is -2.09. The Labute approximate surface area is 119 Å². The van der Waals surface area contributed by atoms with Gasteiger partial charge in [-0.3, -0.25) is 4.98 Å². The smallest absolute Gasteiger partial charge is 0.0571 e. The molecule has 0 aliphatic heterocycles. The summed E-state index contributed by atoms with van der Waals surface area (Å²) in [5.41, 5.74) is 9.53. The molecule has 0 aliphatic rings. The number of hydrogen-bond donors (Lipinski definition) is 1. The molecule has 2 N–H and O–H groups in total. The molecule has 0 fully saturated rings. The zero-order valence-corrected chi connectivity index (χ0v) is 12.5. The van der Waals surface area contributed by atoms with E-state index < -0.39 is 0 Å². The minimum absolute atomic E-state index is 0.0418. The van der Waals surface area contributed by atoms with E-state index in [0.717, 1.165) is 17.0 Å². The minimum atomic E-state index is 0.0418. The number of aryl methyl sites for hydroxylation is 2. The molecule has 0 radical (unpaired) electrons. The van der Waals surface area contributed by atoms with Gasteiger partial charge in [0.2, 0.25) is 0 Å². The second-order valence-corrected chi connectivity index (χ2v) is 5.92. The highest BCUT2D eigenvalue weighted by Crippen LogP contribution is 2.30. The molecule has 0 amide bonds. The predicted octanol–water partition coefficient (Wildman–Crippen LogP) is 4.26. The molecule has 1 unspecified atom stereocenters. The van der Waals surface area contributed by atoms with Crippen molar-refractivity contribution in [2.45, 2.75) is 43.0 Å². The third-order valence-corrected chi connectivity index (χ3v) is 4.29. The molecule has 0 bridgehead atoms. The molecule has 2 rings (SSSR count). The maximum atomic E-state index is 5.97. The molecule has 0 saturated carbocycles. The van der Waals surface area contributed by atoms with E-state index in [4.69, 9.17) is 5.73 Å². The van der Waals surface area contributed by atoms with Crippen molar-refractivity contribution in [1.29, 1.82) is 0 Å². The second kappa shape index (κ2) is 6.22. The zero-order chi connectivity index (χ0) is 13.8. The van der Waals surface area contributed by atoms with Crippen LogP contribution in [-0.2, 0) is 0 Å². The fourth-order valence-corrected chi connectivity index (χ4v) is 2.77. The molecular weight excluding hydrogens is 252 g/mol. The first-order valence-electron chi connectivity index (χ1n) is 6.56. The fourth-order valence-electron chi connectivity index (χ4n) is 1.92. The second-order valence-electron chi connectivity index (χ2n) is 4.80. The van der Waals surface area contributed by atoms with Gasteiger partial charge in [0.05, 0.1) is 5.69 Å². The van der Waals surface area contributed by atoms with Crippen LogP contribution in [0.4, 0.5) is 0 Å². The van der Waals surface area contributed by atoms with Gasteiger partial charge in [0, 0.05) is 22.0 Å². The lowest BCUT2D eigenvalue weighted by molar-refractivity contribution is 0.674. The number of pyridine rings is 1. The quantitative estimate of drug-likeness (QED) is 0.904. The Bertz CT molecular complexity index is 549. The number of hydrogen-bond acceptors (Lipinski definition) is 3. The zero-order valence-electron chi connectivity index (χ0n) is 11.7. The topological polar surface area (TPSA) is 38.9 Å². The largest absolute Gasteiger partial charge is 0.323 e. The Hall–Kier alpha value is -1.32. The van der Waals surface area contributed by atoms with E-state index in [2.05, 4.69) is 50.0 Å². The molecule has 0 spiro atoms. The van der Waals surface area contributed by atoms with E-state index in [0.29, 0.717) is 0 Å². The van der Waals surface area contributed by atoms with E-state index >= 15 is 0 Å². The molecule has 3 heteroatoms. The summed E-state index contributed by atoms with van der Waals surface area (Å²) < 4.78 is 0. The monoisotopic (exact) mass is 272 g/mol. The van der Waals surface area contributed by atoms with Crippen LogP contribution in [-0.4, -0.2) is 4.98 Å². The summed E-state index contributed by atoms with van der Waals surface area (Å²) in [6.45, 7) is 6.33. The number of benzene rings is 1. The Morgan fingerprint density at radius 2 is 2.00 bits per heavy atom. The average Bonchev–Trinajstić information content (AvgIpc) is 2.42. The SMILES string of the molecule is CCC(N)c1ccc(Sc2ccc(C)cc2C)cn1. The van der Waals surface area contributed by atoms with Gasteiger partial charge in [0.15, 0.2) is 0 Å². The van der Waals surface area contributed by atoms with Crippen LogP contribution in [0.3, 0.4) is 0 Å². The van der Waals surface area contributed by atoms with Crippen molar-refractivity contribution >= 4 is 11.8 Å². The van der Waals surface area contributed by atoms with Crippen molar-refractivity contribution in [3.05, 3.63) is 53.3 Å². The van der Waals surface area contributed by atoms with Crippen molar-refractivity contribution in [2.24, 2.45) is 5.73 Å². The minimum Gasteiger partial charge on any atom is -0.323 e. The van der Waals surface area contributed by atoms with Crippen LogP contribution < -0.4 is 5.73 Å². The molecule has 2 nitrogen and oxygen atoms in total. The van der Waals surface area contributed by atoms with E-state index in [1.165, 1.54) is 16.0 Å².